The number of esters is 1. The molecule has 1 N–H and O–H groups in total. The van der Waals surface area contributed by atoms with Gasteiger partial charge in [-0.1, -0.05) is 12.1 Å². The van der Waals surface area contributed by atoms with Crippen molar-refractivity contribution < 1.29 is 14.3 Å². The molecule has 0 aliphatic carbocycles. The first-order valence-electron chi connectivity index (χ1n) is 8.78. The number of hydrogen-bond donors (Lipinski definition) is 1. The van der Waals surface area contributed by atoms with Crippen LogP contribution < -0.4 is 16.0 Å². The molecule has 0 aliphatic heterocycles. The van der Waals surface area contributed by atoms with E-state index in [0.29, 0.717) is 11.4 Å². The molecule has 0 aliphatic rings. The molecule has 0 atom stereocenters. The largest absolute Gasteiger partial charge is 0.497 e. The number of aryl methyl sites for hydroxylation is 1. The van der Waals surface area contributed by atoms with Gasteiger partial charge in [-0.05, 0) is 44.5 Å². The average molecular weight is 383 g/mol. The Morgan fingerprint density at radius 2 is 1.89 bits per heavy atom. The van der Waals surface area contributed by atoms with E-state index in [1.165, 1.54) is 10.6 Å². The highest BCUT2D eigenvalue weighted by atomic mass is 16.5. The van der Waals surface area contributed by atoms with E-state index in [1.54, 1.807) is 40.0 Å². The van der Waals surface area contributed by atoms with Gasteiger partial charge in [-0.15, -0.1) is 0 Å². The zero-order chi connectivity index (χ0) is 20.4. The van der Waals surface area contributed by atoms with E-state index in [4.69, 9.17) is 9.47 Å². The lowest BCUT2D eigenvalue weighted by Gasteiger charge is -2.13. The van der Waals surface area contributed by atoms with Gasteiger partial charge >= 0.3 is 11.7 Å². The van der Waals surface area contributed by atoms with Gasteiger partial charge in [-0.3, -0.25) is 14.3 Å². The lowest BCUT2D eigenvalue weighted by Crippen LogP contribution is -2.31. The monoisotopic (exact) mass is 383 g/mol. The van der Waals surface area contributed by atoms with E-state index >= 15 is 0 Å². The fourth-order valence-corrected chi connectivity index (χ4v) is 2.84. The van der Waals surface area contributed by atoms with Crippen molar-refractivity contribution in [2.24, 2.45) is 0 Å². The molecular formula is C20H21N3O5. The van der Waals surface area contributed by atoms with E-state index in [-0.39, 0.29) is 29.2 Å². The van der Waals surface area contributed by atoms with Gasteiger partial charge in [-0.2, -0.15) is 0 Å². The van der Waals surface area contributed by atoms with Crippen molar-refractivity contribution in [3.05, 3.63) is 68.0 Å². The Kier molecular flexibility index (Phi) is 5.30. The minimum Gasteiger partial charge on any atom is -0.497 e. The molecule has 3 aromatic rings. The van der Waals surface area contributed by atoms with Crippen LogP contribution in [-0.4, -0.2) is 33.7 Å². The number of rotatable bonds is 5. The highest BCUT2D eigenvalue weighted by molar-refractivity contribution is 5.94. The summed E-state index contributed by atoms with van der Waals surface area (Å²) >= 11 is 0. The molecule has 0 bridgehead atoms. The third kappa shape index (κ3) is 3.80. The highest BCUT2D eigenvalue weighted by Gasteiger charge is 2.18. The van der Waals surface area contributed by atoms with Crippen LogP contribution in [0.3, 0.4) is 0 Å². The fraction of sp³-hybridized carbons (Fsp3) is 0.300. The Morgan fingerprint density at radius 1 is 1.21 bits per heavy atom. The quantitative estimate of drug-likeness (QED) is 0.676. The molecule has 2 aromatic heterocycles. The highest BCUT2D eigenvalue weighted by Crippen LogP contribution is 2.16. The topological polar surface area (TPSA) is 103 Å². The number of carbonyl (C=O) groups excluding carboxylic acids is 1. The van der Waals surface area contributed by atoms with Crippen LogP contribution in [0.25, 0.3) is 11.0 Å². The van der Waals surface area contributed by atoms with Crippen LogP contribution in [0.1, 0.15) is 35.5 Å². The predicted octanol–water partition coefficient (Wildman–Crippen LogP) is 2.02. The van der Waals surface area contributed by atoms with Gasteiger partial charge in [0.05, 0.1) is 36.4 Å². The molecule has 3 rings (SSSR count). The van der Waals surface area contributed by atoms with E-state index in [2.05, 4.69) is 9.97 Å². The number of aromatic nitrogens is 3. The van der Waals surface area contributed by atoms with E-state index in [1.807, 2.05) is 12.1 Å². The number of pyridine rings is 1. The van der Waals surface area contributed by atoms with Crippen LogP contribution in [0.2, 0.25) is 0 Å². The number of carbonyl (C=O) groups is 1. The number of nitrogens with one attached hydrogen (secondary N) is 1. The van der Waals surface area contributed by atoms with Crippen LogP contribution in [0.15, 0.2) is 39.9 Å². The molecule has 2 heterocycles. The second-order valence-electron chi connectivity index (χ2n) is 6.64. The molecule has 28 heavy (non-hydrogen) atoms. The molecule has 0 fully saturated rings. The predicted molar refractivity (Wildman–Crippen MR) is 104 cm³/mol. The Balaban J connectivity index is 2.12. The van der Waals surface area contributed by atoms with Crippen molar-refractivity contribution in [3.63, 3.8) is 0 Å². The average Bonchev–Trinajstić information content (AvgIpc) is 2.64. The number of hydrogen-bond acceptors (Lipinski definition) is 6. The van der Waals surface area contributed by atoms with Crippen molar-refractivity contribution in [2.75, 3.05) is 7.11 Å². The summed E-state index contributed by atoms with van der Waals surface area (Å²) in [5.41, 5.74) is 0.449. The Labute approximate surface area is 160 Å². The standard InChI is InChI=1S/C20H21N3O5/c1-11(2)28-19(25)15-9-16-17(21-12(15)3)23(20(26)22-18(16)24)10-13-5-7-14(27-4)8-6-13/h5-9,11H,10H2,1-4H3,(H,22,24,26). The van der Waals surface area contributed by atoms with Crippen LogP contribution in [0.5, 0.6) is 5.75 Å². The van der Waals surface area contributed by atoms with Gasteiger partial charge in [0.1, 0.15) is 11.4 Å². The number of ether oxygens (including phenoxy) is 2. The molecule has 0 saturated heterocycles. The van der Waals surface area contributed by atoms with Crippen molar-refractivity contribution >= 4 is 17.0 Å². The van der Waals surface area contributed by atoms with Crippen LogP contribution in [-0.2, 0) is 11.3 Å². The number of benzene rings is 1. The molecule has 8 heteroatoms. The number of methoxy groups -OCH3 is 1. The molecule has 0 spiro atoms. The maximum Gasteiger partial charge on any atom is 0.340 e. The smallest absolute Gasteiger partial charge is 0.340 e. The zero-order valence-electron chi connectivity index (χ0n) is 16.1. The second kappa shape index (κ2) is 7.67. The molecular weight excluding hydrogens is 362 g/mol. The van der Waals surface area contributed by atoms with Crippen molar-refractivity contribution in [1.29, 1.82) is 0 Å². The number of fused-ring (bicyclic) bond motifs is 1. The van der Waals surface area contributed by atoms with E-state index in [0.717, 1.165) is 5.56 Å². The molecule has 1 aromatic carbocycles. The van der Waals surface area contributed by atoms with E-state index in [9.17, 15) is 14.4 Å². The molecule has 146 valence electrons. The summed E-state index contributed by atoms with van der Waals surface area (Å²) in [6, 6.07) is 8.64. The second-order valence-corrected chi connectivity index (χ2v) is 6.64. The van der Waals surface area contributed by atoms with Gasteiger partial charge in [-0.25, -0.2) is 14.6 Å². The van der Waals surface area contributed by atoms with Crippen molar-refractivity contribution in [3.8, 4) is 5.75 Å². The summed E-state index contributed by atoms with van der Waals surface area (Å²) in [5.74, 6) is 0.138. The lowest BCUT2D eigenvalue weighted by molar-refractivity contribution is 0.0376. The molecule has 8 nitrogen and oxygen atoms in total. The first-order valence-corrected chi connectivity index (χ1v) is 8.78. The first kappa shape index (κ1) is 19.3. The Morgan fingerprint density at radius 3 is 2.50 bits per heavy atom. The lowest BCUT2D eigenvalue weighted by atomic mass is 10.1. The van der Waals surface area contributed by atoms with Crippen LogP contribution in [0.4, 0.5) is 0 Å². The number of H-pyrrole nitrogens is 1. The summed E-state index contributed by atoms with van der Waals surface area (Å²) < 4.78 is 11.7. The minimum absolute atomic E-state index is 0.148. The maximum atomic E-state index is 12.4. The maximum absolute atomic E-state index is 12.4. The normalized spacial score (nSPS) is 11.0. The van der Waals surface area contributed by atoms with Gasteiger partial charge in [0, 0.05) is 0 Å². The van der Waals surface area contributed by atoms with Gasteiger partial charge in [0.25, 0.3) is 5.56 Å². The molecule has 0 unspecified atom stereocenters. The van der Waals surface area contributed by atoms with Gasteiger partial charge in [0.15, 0.2) is 0 Å². The number of aromatic amines is 1. The Hall–Kier alpha value is -3.42. The Bertz CT molecular complexity index is 1140. The van der Waals surface area contributed by atoms with Crippen molar-refractivity contribution in [1.82, 2.24) is 14.5 Å². The van der Waals surface area contributed by atoms with Crippen molar-refractivity contribution in [2.45, 2.75) is 33.4 Å². The third-order valence-corrected chi connectivity index (χ3v) is 4.22. The van der Waals surface area contributed by atoms with Crippen LogP contribution in [0, 0.1) is 6.92 Å². The summed E-state index contributed by atoms with van der Waals surface area (Å²) in [4.78, 5) is 43.7. The first-order chi connectivity index (χ1) is 13.3. The summed E-state index contributed by atoms with van der Waals surface area (Å²) in [6.45, 7) is 5.32. The van der Waals surface area contributed by atoms with Gasteiger partial charge < -0.3 is 9.47 Å². The number of nitrogens with zero attached hydrogens (tertiary/aromatic N) is 2. The third-order valence-electron chi connectivity index (χ3n) is 4.22. The molecule has 0 radical (unpaired) electrons. The zero-order valence-corrected chi connectivity index (χ0v) is 16.1. The van der Waals surface area contributed by atoms with Gasteiger partial charge in [0.2, 0.25) is 0 Å². The van der Waals surface area contributed by atoms with E-state index < -0.39 is 17.2 Å². The minimum atomic E-state index is -0.600. The fourth-order valence-electron chi connectivity index (χ4n) is 2.84. The SMILES string of the molecule is COc1ccc(Cn2c(=O)[nH]c(=O)c3cc(C(=O)OC(C)C)c(C)nc32)cc1. The van der Waals surface area contributed by atoms with Crippen LogP contribution >= 0.6 is 0 Å². The summed E-state index contributed by atoms with van der Waals surface area (Å²) in [5, 5.41) is 0.148. The molecule has 0 saturated carbocycles. The summed E-state index contributed by atoms with van der Waals surface area (Å²) in [6.07, 6.45) is -0.301. The molecule has 0 amide bonds. The summed E-state index contributed by atoms with van der Waals surface area (Å²) in [7, 11) is 1.57.